The quantitative estimate of drug-likeness (QED) is 0.783. The first-order valence-corrected chi connectivity index (χ1v) is 5.92. The minimum absolute atomic E-state index is 0.191. The van der Waals surface area contributed by atoms with Gasteiger partial charge in [0.15, 0.2) is 0 Å². The van der Waals surface area contributed by atoms with Crippen LogP contribution in [-0.2, 0) is 9.59 Å². The first-order valence-electron chi connectivity index (χ1n) is 5.04. The third-order valence-electron chi connectivity index (χ3n) is 1.94. The maximum absolute atomic E-state index is 12.3. The number of rotatable bonds is 6. The normalized spacial score (nSPS) is 10.4. The van der Waals surface area contributed by atoms with Gasteiger partial charge in [-0.2, -0.15) is 8.78 Å². The number of carbonyl (C=O) groups is 2. The Morgan fingerprint density at radius 1 is 1.28 bits per heavy atom. The number of carboxylic acids is 1. The molecular formula is C11H11F2NO3S. The van der Waals surface area contributed by atoms with E-state index in [1.165, 1.54) is 12.1 Å². The summed E-state index contributed by atoms with van der Waals surface area (Å²) in [7, 11) is 0. The Morgan fingerprint density at radius 2 is 1.94 bits per heavy atom. The first-order chi connectivity index (χ1) is 8.49. The number of amides is 1. The fraction of sp³-hybridized carbons (Fsp3) is 0.273. The number of aliphatic carboxylic acids is 1. The van der Waals surface area contributed by atoms with Gasteiger partial charge >= 0.3 is 5.97 Å². The van der Waals surface area contributed by atoms with Crippen molar-refractivity contribution in [1.82, 2.24) is 0 Å². The zero-order chi connectivity index (χ0) is 13.5. The minimum Gasteiger partial charge on any atom is -0.481 e. The summed E-state index contributed by atoms with van der Waals surface area (Å²) in [5.41, 5.74) is 0.262. The number of carboxylic acid groups (broad SMARTS) is 1. The van der Waals surface area contributed by atoms with Gasteiger partial charge < -0.3 is 10.4 Å². The molecule has 0 atom stereocenters. The Kier molecular flexibility index (Phi) is 5.57. The van der Waals surface area contributed by atoms with Crippen molar-refractivity contribution in [2.24, 2.45) is 0 Å². The fourth-order valence-electron chi connectivity index (χ4n) is 1.20. The lowest BCUT2D eigenvalue weighted by atomic mass is 10.2. The van der Waals surface area contributed by atoms with Gasteiger partial charge in [-0.05, 0) is 12.1 Å². The fourth-order valence-corrected chi connectivity index (χ4v) is 1.80. The highest BCUT2D eigenvalue weighted by molar-refractivity contribution is 7.99. The Bertz CT molecular complexity index is 440. The van der Waals surface area contributed by atoms with Crippen molar-refractivity contribution in [2.75, 3.05) is 5.32 Å². The summed E-state index contributed by atoms with van der Waals surface area (Å²) in [6.45, 7) is 0. The van der Waals surface area contributed by atoms with Gasteiger partial charge in [0.05, 0.1) is 12.1 Å². The van der Waals surface area contributed by atoms with E-state index in [-0.39, 0.29) is 23.4 Å². The lowest BCUT2D eigenvalue weighted by molar-refractivity contribution is -0.138. The average molecular weight is 275 g/mol. The molecule has 7 heteroatoms. The van der Waals surface area contributed by atoms with Crippen LogP contribution in [0.25, 0.3) is 0 Å². The van der Waals surface area contributed by atoms with E-state index in [4.69, 9.17) is 5.11 Å². The monoisotopic (exact) mass is 275 g/mol. The van der Waals surface area contributed by atoms with Gasteiger partial charge in [0.25, 0.3) is 5.76 Å². The van der Waals surface area contributed by atoms with E-state index in [1.807, 2.05) is 0 Å². The second-order valence-corrected chi connectivity index (χ2v) is 4.35. The number of thioether (sulfide) groups is 1. The van der Waals surface area contributed by atoms with Crippen LogP contribution in [0.4, 0.5) is 14.5 Å². The molecule has 0 aliphatic heterocycles. The SMILES string of the molecule is O=C(O)CCC(=O)Nc1ccccc1SC(F)F. The smallest absolute Gasteiger partial charge is 0.303 e. The van der Waals surface area contributed by atoms with E-state index < -0.39 is 17.6 Å². The molecule has 0 unspecified atom stereocenters. The molecule has 0 spiro atoms. The van der Waals surface area contributed by atoms with E-state index in [1.54, 1.807) is 12.1 Å². The van der Waals surface area contributed by atoms with Crippen LogP contribution in [0.3, 0.4) is 0 Å². The largest absolute Gasteiger partial charge is 0.481 e. The van der Waals surface area contributed by atoms with Crippen LogP contribution < -0.4 is 5.32 Å². The maximum Gasteiger partial charge on any atom is 0.303 e. The van der Waals surface area contributed by atoms with Crippen LogP contribution >= 0.6 is 11.8 Å². The van der Waals surface area contributed by atoms with Crippen molar-refractivity contribution in [2.45, 2.75) is 23.5 Å². The molecular weight excluding hydrogens is 264 g/mol. The Morgan fingerprint density at radius 3 is 2.56 bits per heavy atom. The van der Waals surface area contributed by atoms with Crippen molar-refractivity contribution in [3.05, 3.63) is 24.3 Å². The van der Waals surface area contributed by atoms with Gasteiger partial charge in [-0.1, -0.05) is 23.9 Å². The molecule has 18 heavy (non-hydrogen) atoms. The molecule has 4 nitrogen and oxygen atoms in total. The van der Waals surface area contributed by atoms with Gasteiger partial charge in [-0.15, -0.1) is 0 Å². The standard InChI is InChI=1S/C11H11F2NO3S/c12-11(13)18-8-4-2-1-3-7(8)14-9(15)5-6-10(16)17/h1-4,11H,5-6H2,(H,14,15)(H,16,17). The first kappa shape index (κ1) is 14.4. The molecule has 0 radical (unpaired) electrons. The zero-order valence-corrected chi connectivity index (χ0v) is 10.0. The number of para-hydroxylation sites is 1. The molecule has 1 aromatic carbocycles. The van der Waals surface area contributed by atoms with Crippen molar-refractivity contribution in [3.63, 3.8) is 0 Å². The Hall–Kier alpha value is -1.63. The second kappa shape index (κ2) is 6.95. The molecule has 0 aliphatic rings. The van der Waals surface area contributed by atoms with E-state index in [2.05, 4.69) is 5.32 Å². The molecule has 0 aliphatic carbocycles. The molecule has 98 valence electrons. The third kappa shape index (κ3) is 5.13. The summed E-state index contributed by atoms with van der Waals surface area (Å²) in [5, 5.41) is 10.8. The number of hydrogen-bond donors (Lipinski definition) is 2. The molecule has 1 amide bonds. The second-order valence-electron chi connectivity index (χ2n) is 3.32. The molecule has 2 N–H and O–H groups in total. The molecule has 0 saturated carbocycles. The van der Waals surface area contributed by atoms with Gasteiger partial charge in [-0.25, -0.2) is 0 Å². The molecule has 1 aromatic rings. The van der Waals surface area contributed by atoms with Crippen LogP contribution in [0.5, 0.6) is 0 Å². The number of halogens is 2. The number of alkyl halides is 2. The highest BCUT2D eigenvalue weighted by atomic mass is 32.2. The predicted octanol–water partition coefficient (Wildman–Crippen LogP) is 2.80. The molecule has 0 bridgehead atoms. The van der Waals surface area contributed by atoms with Crippen LogP contribution in [0, 0.1) is 0 Å². The topological polar surface area (TPSA) is 66.4 Å². The van der Waals surface area contributed by atoms with E-state index >= 15 is 0 Å². The summed E-state index contributed by atoms with van der Waals surface area (Å²) < 4.78 is 24.5. The summed E-state index contributed by atoms with van der Waals surface area (Å²) in [6, 6.07) is 6.13. The van der Waals surface area contributed by atoms with E-state index in [9.17, 15) is 18.4 Å². The van der Waals surface area contributed by atoms with E-state index in [0.717, 1.165) is 0 Å². The van der Waals surface area contributed by atoms with Crippen LogP contribution in [-0.4, -0.2) is 22.7 Å². The summed E-state index contributed by atoms with van der Waals surface area (Å²) in [5.74, 6) is -4.18. The molecule has 1 rings (SSSR count). The maximum atomic E-state index is 12.3. The number of benzene rings is 1. The molecule has 0 saturated heterocycles. The average Bonchev–Trinajstić information content (AvgIpc) is 2.28. The summed E-state index contributed by atoms with van der Waals surface area (Å²) in [4.78, 5) is 21.9. The lowest BCUT2D eigenvalue weighted by Crippen LogP contribution is -2.13. The summed E-state index contributed by atoms with van der Waals surface area (Å²) >= 11 is 0.327. The van der Waals surface area contributed by atoms with Gasteiger partial charge in [0, 0.05) is 11.3 Å². The molecule has 0 fully saturated rings. The number of nitrogens with one attached hydrogen (secondary N) is 1. The van der Waals surface area contributed by atoms with E-state index in [0.29, 0.717) is 11.8 Å². The molecule has 0 heterocycles. The number of carbonyl (C=O) groups excluding carboxylic acids is 1. The van der Waals surface area contributed by atoms with Crippen molar-refractivity contribution in [1.29, 1.82) is 0 Å². The highest BCUT2D eigenvalue weighted by Crippen LogP contribution is 2.31. The van der Waals surface area contributed by atoms with Crippen molar-refractivity contribution in [3.8, 4) is 0 Å². The molecule has 0 aromatic heterocycles. The number of anilines is 1. The van der Waals surface area contributed by atoms with Crippen LogP contribution in [0.2, 0.25) is 0 Å². The van der Waals surface area contributed by atoms with Crippen molar-refractivity contribution >= 4 is 29.3 Å². The predicted molar refractivity (Wildman–Crippen MR) is 63.8 cm³/mol. The highest BCUT2D eigenvalue weighted by Gasteiger charge is 2.12. The minimum atomic E-state index is -2.58. The Labute approximate surface area is 106 Å². The number of hydrogen-bond acceptors (Lipinski definition) is 3. The Balaban J connectivity index is 2.65. The van der Waals surface area contributed by atoms with Gasteiger partial charge in [-0.3, -0.25) is 9.59 Å². The zero-order valence-electron chi connectivity index (χ0n) is 9.23. The van der Waals surface area contributed by atoms with Crippen molar-refractivity contribution < 1.29 is 23.5 Å². The van der Waals surface area contributed by atoms with Crippen LogP contribution in [0.15, 0.2) is 29.2 Å². The van der Waals surface area contributed by atoms with Crippen LogP contribution in [0.1, 0.15) is 12.8 Å². The lowest BCUT2D eigenvalue weighted by Gasteiger charge is -2.09. The van der Waals surface area contributed by atoms with Gasteiger partial charge in [0.1, 0.15) is 0 Å². The summed E-state index contributed by atoms with van der Waals surface area (Å²) in [6.07, 6.45) is -0.487. The van der Waals surface area contributed by atoms with Gasteiger partial charge in [0.2, 0.25) is 5.91 Å². The third-order valence-corrected chi connectivity index (χ3v) is 2.73.